The van der Waals surface area contributed by atoms with Crippen molar-refractivity contribution in [2.45, 2.75) is 26.3 Å². The molecule has 1 aromatic rings. The first-order chi connectivity index (χ1) is 9.29. The summed E-state index contributed by atoms with van der Waals surface area (Å²) in [4.78, 5) is 25.0. The molecule has 1 unspecified atom stereocenters. The molecule has 0 heterocycles. The second kappa shape index (κ2) is 9.02. The zero-order valence-corrected chi connectivity index (χ0v) is 14.8. The molecule has 3 N–H and O–H groups in total. The lowest BCUT2D eigenvalue weighted by atomic mass is 10.2. The summed E-state index contributed by atoms with van der Waals surface area (Å²) >= 11 is 3.37. The van der Waals surface area contributed by atoms with Crippen LogP contribution in [0.2, 0.25) is 0 Å². The van der Waals surface area contributed by atoms with E-state index in [9.17, 15) is 9.59 Å². The fourth-order valence-corrected chi connectivity index (χ4v) is 2.17. The number of carbonyl (C=O) groups is 2. The minimum Gasteiger partial charge on any atom is -0.336 e. The van der Waals surface area contributed by atoms with Crippen molar-refractivity contribution in [3.63, 3.8) is 0 Å². The number of benzene rings is 1. The number of nitrogens with one attached hydrogen (secondary N) is 1. The maximum Gasteiger partial charge on any atom is 0.243 e. The Morgan fingerprint density at radius 3 is 2.57 bits per heavy atom. The van der Waals surface area contributed by atoms with E-state index in [4.69, 9.17) is 5.73 Å². The van der Waals surface area contributed by atoms with Crippen LogP contribution in [0.15, 0.2) is 22.7 Å². The molecule has 0 radical (unpaired) electrons. The average Bonchev–Trinajstić information content (AvgIpc) is 2.31. The number of hydrogen-bond donors (Lipinski definition) is 2. The molecular weight excluding hydrogens is 358 g/mol. The number of hydrogen-bond acceptors (Lipinski definition) is 3. The molecule has 118 valence electrons. The largest absolute Gasteiger partial charge is 0.336 e. The second-order valence-corrected chi connectivity index (χ2v) is 5.85. The van der Waals surface area contributed by atoms with Crippen LogP contribution in [-0.2, 0) is 9.59 Å². The normalized spacial score (nSPS) is 11.3. The Morgan fingerprint density at radius 1 is 1.43 bits per heavy atom. The fraction of sp³-hybridized carbons (Fsp3) is 0.429. The van der Waals surface area contributed by atoms with Gasteiger partial charge in [0.15, 0.2) is 0 Å². The molecule has 7 heteroatoms. The molecular formula is C14H21BrClN3O2. The molecule has 0 aliphatic carbocycles. The molecule has 5 nitrogen and oxygen atoms in total. The van der Waals surface area contributed by atoms with Crippen molar-refractivity contribution >= 4 is 45.8 Å². The van der Waals surface area contributed by atoms with E-state index < -0.39 is 0 Å². The van der Waals surface area contributed by atoms with E-state index in [1.54, 1.807) is 14.0 Å². The van der Waals surface area contributed by atoms with Crippen LogP contribution >= 0.6 is 28.3 Å². The van der Waals surface area contributed by atoms with Crippen molar-refractivity contribution in [1.29, 1.82) is 0 Å². The number of nitrogens with two attached hydrogens (primary N) is 1. The molecule has 0 fully saturated rings. The highest BCUT2D eigenvalue weighted by atomic mass is 79.9. The van der Waals surface area contributed by atoms with Gasteiger partial charge in [-0.3, -0.25) is 9.59 Å². The Kier molecular flexibility index (Phi) is 8.54. The highest BCUT2D eigenvalue weighted by molar-refractivity contribution is 9.10. The van der Waals surface area contributed by atoms with Crippen LogP contribution in [0.25, 0.3) is 0 Å². The number of anilines is 1. The zero-order valence-electron chi connectivity index (χ0n) is 12.4. The van der Waals surface area contributed by atoms with E-state index in [2.05, 4.69) is 21.2 Å². The topological polar surface area (TPSA) is 75.4 Å². The molecule has 0 aromatic heterocycles. The highest BCUT2D eigenvalue weighted by Gasteiger charge is 2.14. The molecule has 0 spiro atoms. The molecule has 2 amide bonds. The monoisotopic (exact) mass is 377 g/mol. The molecule has 21 heavy (non-hydrogen) atoms. The Bertz CT molecular complexity index is 509. The van der Waals surface area contributed by atoms with Crippen molar-refractivity contribution in [3.05, 3.63) is 28.2 Å². The molecule has 1 rings (SSSR count). The molecule has 0 aliphatic rings. The van der Waals surface area contributed by atoms with Crippen molar-refractivity contribution in [2.24, 2.45) is 5.73 Å². The molecule has 0 bridgehead atoms. The van der Waals surface area contributed by atoms with Gasteiger partial charge in [-0.05, 0) is 37.6 Å². The number of rotatable bonds is 5. The quantitative estimate of drug-likeness (QED) is 0.825. The van der Waals surface area contributed by atoms with Crippen LogP contribution in [0.5, 0.6) is 0 Å². The van der Waals surface area contributed by atoms with Crippen LogP contribution in [0, 0.1) is 6.92 Å². The van der Waals surface area contributed by atoms with Gasteiger partial charge in [0, 0.05) is 29.7 Å². The van der Waals surface area contributed by atoms with Gasteiger partial charge in [0.05, 0.1) is 6.54 Å². The number of aryl methyl sites for hydroxylation is 1. The van der Waals surface area contributed by atoms with E-state index in [-0.39, 0.29) is 43.2 Å². The SMILES string of the molecule is Cc1cc(Br)ccc1NC(=O)CN(C)C(=O)CC(C)N.Cl. The van der Waals surface area contributed by atoms with Crippen LogP contribution in [0.4, 0.5) is 5.69 Å². The van der Waals surface area contributed by atoms with Gasteiger partial charge in [-0.25, -0.2) is 0 Å². The van der Waals surface area contributed by atoms with Gasteiger partial charge in [-0.1, -0.05) is 15.9 Å². The van der Waals surface area contributed by atoms with Gasteiger partial charge in [-0.2, -0.15) is 0 Å². The summed E-state index contributed by atoms with van der Waals surface area (Å²) < 4.78 is 0.956. The fourth-order valence-electron chi connectivity index (χ4n) is 1.69. The second-order valence-electron chi connectivity index (χ2n) is 4.94. The van der Waals surface area contributed by atoms with E-state index >= 15 is 0 Å². The third-order valence-electron chi connectivity index (χ3n) is 2.77. The van der Waals surface area contributed by atoms with Crippen LogP contribution < -0.4 is 11.1 Å². The van der Waals surface area contributed by atoms with Gasteiger partial charge in [-0.15, -0.1) is 12.4 Å². The smallest absolute Gasteiger partial charge is 0.243 e. The van der Waals surface area contributed by atoms with Crippen molar-refractivity contribution < 1.29 is 9.59 Å². The Balaban J connectivity index is 0.00000400. The Hall–Kier alpha value is -1.11. The van der Waals surface area contributed by atoms with Crippen molar-refractivity contribution in [2.75, 3.05) is 18.9 Å². The van der Waals surface area contributed by atoms with Gasteiger partial charge in [0.25, 0.3) is 0 Å². The molecule has 0 aliphatic heterocycles. The number of likely N-dealkylation sites (N-methyl/N-ethyl adjacent to an activating group) is 1. The predicted octanol–water partition coefficient (Wildman–Crippen LogP) is 2.31. The summed E-state index contributed by atoms with van der Waals surface area (Å²) in [6.45, 7) is 3.68. The van der Waals surface area contributed by atoms with E-state index in [1.165, 1.54) is 4.90 Å². The van der Waals surface area contributed by atoms with Gasteiger partial charge in [0.2, 0.25) is 11.8 Å². The molecule has 0 saturated carbocycles. The third-order valence-corrected chi connectivity index (χ3v) is 3.26. The minimum absolute atomic E-state index is 0. The third kappa shape index (κ3) is 6.93. The van der Waals surface area contributed by atoms with Crippen LogP contribution in [-0.4, -0.2) is 36.3 Å². The predicted molar refractivity (Wildman–Crippen MR) is 90.7 cm³/mol. The molecule has 1 atom stereocenters. The van der Waals surface area contributed by atoms with Crippen molar-refractivity contribution in [1.82, 2.24) is 4.90 Å². The summed E-state index contributed by atoms with van der Waals surface area (Å²) in [5.74, 6) is -0.362. The van der Waals surface area contributed by atoms with E-state index in [0.29, 0.717) is 0 Å². The lowest BCUT2D eigenvalue weighted by Gasteiger charge is -2.18. The maximum absolute atomic E-state index is 11.9. The first-order valence-electron chi connectivity index (χ1n) is 6.35. The number of amides is 2. The summed E-state index contributed by atoms with van der Waals surface area (Å²) in [6, 6.07) is 5.39. The summed E-state index contributed by atoms with van der Waals surface area (Å²) in [6.07, 6.45) is 0.237. The van der Waals surface area contributed by atoms with E-state index in [1.807, 2.05) is 25.1 Å². The van der Waals surface area contributed by atoms with Gasteiger partial charge in [0.1, 0.15) is 0 Å². The first kappa shape index (κ1) is 19.9. The highest BCUT2D eigenvalue weighted by Crippen LogP contribution is 2.19. The Labute approximate surface area is 139 Å². The Morgan fingerprint density at radius 2 is 2.05 bits per heavy atom. The lowest BCUT2D eigenvalue weighted by Crippen LogP contribution is -2.37. The number of carbonyl (C=O) groups excluding carboxylic acids is 2. The summed E-state index contributed by atoms with van der Waals surface area (Å²) in [5.41, 5.74) is 7.26. The van der Waals surface area contributed by atoms with Crippen molar-refractivity contribution in [3.8, 4) is 0 Å². The van der Waals surface area contributed by atoms with Gasteiger partial charge >= 0.3 is 0 Å². The zero-order chi connectivity index (χ0) is 15.3. The molecule has 0 saturated heterocycles. The average molecular weight is 379 g/mol. The summed E-state index contributed by atoms with van der Waals surface area (Å²) in [7, 11) is 1.60. The maximum atomic E-state index is 11.9. The number of nitrogens with zero attached hydrogens (tertiary/aromatic N) is 1. The van der Waals surface area contributed by atoms with Gasteiger partial charge < -0.3 is 16.0 Å². The first-order valence-corrected chi connectivity index (χ1v) is 7.14. The van der Waals surface area contributed by atoms with E-state index in [0.717, 1.165) is 15.7 Å². The molecule has 1 aromatic carbocycles. The van der Waals surface area contributed by atoms with Crippen LogP contribution in [0.3, 0.4) is 0 Å². The number of halogens is 2. The standard InChI is InChI=1S/C14H20BrN3O2.ClH/c1-9-6-11(15)4-5-12(9)17-13(19)8-18(3)14(20)7-10(2)16;/h4-6,10H,7-8,16H2,1-3H3,(H,17,19);1H. The van der Waals surface area contributed by atoms with Crippen LogP contribution in [0.1, 0.15) is 18.9 Å². The minimum atomic E-state index is -0.226. The lowest BCUT2D eigenvalue weighted by molar-refractivity contribution is -0.133. The summed E-state index contributed by atoms with van der Waals surface area (Å²) in [5, 5.41) is 2.79.